The summed E-state index contributed by atoms with van der Waals surface area (Å²) in [6, 6.07) is 14.9. The average molecular weight is 483 g/mol. The molecule has 0 atom stereocenters. The molecule has 2 N–H and O–H groups in total. The normalized spacial score (nSPS) is 15.0. The first-order valence-electron chi connectivity index (χ1n) is 10.3. The third-order valence-corrected chi connectivity index (χ3v) is 6.52. The van der Waals surface area contributed by atoms with E-state index in [1.54, 1.807) is 18.5 Å². The fourth-order valence-electron chi connectivity index (χ4n) is 4.10. The molecule has 0 saturated carbocycles. The van der Waals surface area contributed by atoms with Crippen molar-refractivity contribution in [3.8, 4) is 22.4 Å². The number of hydrogen-bond acceptors (Lipinski definition) is 6. The minimum atomic E-state index is -1.02. The summed E-state index contributed by atoms with van der Waals surface area (Å²) in [4.78, 5) is 22.9. The Morgan fingerprint density at radius 3 is 2.42 bits per heavy atom. The average Bonchev–Trinajstić information content (AvgIpc) is 3.13. The zero-order chi connectivity index (χ0) is 23.3. The van der Waals surface area contributed by atoms with Gasteiger partial charge in [0.1, 0.15) is 11.5 Å². The summed E-state index contributed by atoms with van der Waals surface area (Å²) >= 11 is 12.7. The van der Waals surface area contributed by atoms with Gasteiger partial charge in [0.05, 0.1) is 23.7 Å². The second-order valence-corrected chi connectivity index (χ2v) is 8.85. The number of aromatic nitrogens is 4. The van der Waals surface area contributed by atoms with Crippen molar-refractivity contribution in [2.75, 3.05) is 25.0 Å². The van der Waals surface area contributed by atoms with Gasteiger partial charge in [0.15, 0.2) is 11.2 Å². The van der Waals surface area contributed by atoms with Crippen molar-refractivity contribution >= 4 is 40.8 Å². The molecule has 0 radical (unpaired) electrons. The third kappa shape index (κ3) is 3.51. The van der Waals surface area contributed by atoms with E-state index in [4.69, 9.17) is 33.3 Å². The van der Waals surface area contributed by atoms with Gasteiger partial charge in [-0.05, 0) is 37.7 Å². The minimum absolute atomic E-state index is 0.252. The number of halogens is 2. The predicted molar refractivity (Wildman–Crippen MR) is 128 cm³/mol. The van der Waals surface area contributed by atoms with Crippen LogP contribution in [0, 0.1) is 6.92 Å². The summed E-state index contributed by atoms with van der Waals surface area (Å²) in [5.74, 6) is 0.177. The zero-order valence-electron chi connectivity index (χ0n) is 17.9. The van der Waals surface area contributed by atoms with Crippen LogP contribution in [0.2, 0.25) is 10.0 Å². The van der Waals surface area contributed by atoms with E-state index < -0.39 is 11.5 Å². The van der Waals surface area contributed by atoms with Crippen LogP contribution in [0.4, 0.5) is 5.95 Å². The van der Waals surface area contributed by atoms with Crippen LogP contribution in [-0.2, 0) is 4.79 Å². The van der Waals surface area contributed by atoms with Gasteiger partial charge in [0.25, 0.3) is 0 Å². The fourth-order valence-corrected chi connectivity index (χ4v) is 4.45. The molecule has 168 valence electrons. The highest BCUT2D eigenvalue weighted by molar-refractivity contribution is 6.33. The van der Waals surface area contributed by atoms with E-state index in [1.165, 1.54) is 0 Å². The number of benzene rings is 2. The van der Waals surface area contributed by atoms with Gasteiger partial charge >= 0.3 is 5.97 Å². The number of nitrogens with zero attached hydrogens (tertiary/aromatic N) is 5. The molecule has 0 unspecified atom stereocenters. The zero-order valence-corrected chi connectivity index (χ0v) is 19.4. The number of aliphatic carboxylic acids is 1. The van der Waals surface area contributed by atoms with Gasteiger partial charge in [0.2, 0.25) is 5.95 Å². The van der Waals surface area contributed by atoms with Crippen LogP contribution in [0.1, 0.15) is 5.82 Å². The van der Waals surface area contributed by atoms with Crippen LogP contribution < -0.4 is 10.2 Å². The number of nitrogens with one attached hydrogen (secondary N) is 1. The molecule has 1 aliphatic rings. The van der Waals surface area contributed by atoms with Gasteiger partial charge in [-0.3, -0.25) is 4.79 Å². The number of carboxylic acids is 1. The summed E-state index contributed by atoms with van der Waals surface area (Å²) in [7, 11) is 1.65. The minimum Gasteiger partial charge on any atom is -0.480 e. The predicted octanol–water partition coefficient (Wildman–Crippen LogP) is 3.94. The quantitative estimate of drug-likeness (QED) is 0.444. The summed E-state index contributed by atoms with van der Waals surface area (Å²) in [6.45, 7) is 2.31. The number of hydrogen-bond donors (Lipinski definition) is 2. The highest BCUT2D eigenvalue weighted by atomic mass is 35.5. The standard InChI is InChI=1S/C23H20Cl2N6O2/c1-13-27-20-18(14-7-9-15(24)10-8-14)19(16-5-3-4-6-17(16)25)29-31(20)22(28-13)30-11-23(12-30,26-2)21(32)33/h3-10,26H,11-12H2,1-2H3,(H,32,33). The maximum atomic E-state index is 11.8. The molecule has 4 aromatic rings. The van der Waals surface area contributed by atoms with E-state index >= 15 is 0 Å². The van der Waals surface area contributed by atoms with Gasteiger partial charge in [0, 0.05) is 10.6 Å². The van der Waals surface area contributed by atoms with Gasteiger partial charge in [-0.2, -0.15) is 14.6 Å². The molecule has 0 spiro atoms. The first kappa shape index (κ1) is 21.6. The Kier molecular flexibility index (Phi) is 5.23. The van der Waals surface area contributed by atoms with Crippen molar-refractivity contribution in [1.82, 2.24) is 24.9 Å². The summed E-state index contributed by atoms with van der Waals surface area (Å²) in [6.07, 6.45) is 0. The van der Waals surface area contributed by atoms with E-state index in [2.05, 4.69) is 10.3 Å². The molecule has 8 nitrogen and oxygen atoms in total. The van der Waals surface area contributed by atoms with Crippen molar-refractivity contribution < 1.29 is 9.90 Å². The Bertz CT molecular complexity index is 1380. The number of carbonyl (C=O) groups is 1. The molecule has 1 saturated heterocycles. The molecule has 2 aromatic heterocycles. The number of rotatable bonds is 5. The van der Waals surface area contributed by atoms with Crippen molar-refractivity contribution in [2.45, 2.75) is 12.5 Å². The maximum absolute atomic E-state index is 11.8. The lowest BCUT2D eigenvalue weighted by atomic mass is 9.90. The molecule has 0 aliphatic carbocycles. The van der Waals surface area contributed by atoms with Gasteiger partial charge in [-0.1, -0.05) is 53.5 Å². The maximum Gasteiger partial charge on any atom is 0.327 e. The van der Waals surface area contributed by atoms with Crippen LogP contribution in [0.25, 0.3) is 28.0 Å². The van der Waals surface area contributed by atoms with Crippen molar-refractivity contribution in [3.05, 3.63) is 64.4 Å². The summed E-state index contributed by atoms with van der Waals surface area (Å²) in [5, 5.41) is 18.6. The molecule has 10 heteroatoms. The second kappa shape index (κ2) is 7.98. The van der Waals surface area contributed by atoms with Gasteiger partial charge in [-0.15, -0.1) is 0 Å². The monoisotopic (exact) mass is 482 g/mol. The molecule has 1 aliphatic heterocycles. The van der Waals surface area contributed by atoms with Crippen molar-refractivity contribution in [3.63, 3.8) is 0 Å². The van der Waals surface area contributed by atoms with Crippen LogP contribution >= 0.6 is 23.2 Å². The second-order valence-electron chi connectivity index (χ2n) is 8.01. The molecule has 33 heavy (non-hydrogen) atoms. The number of aryl methyl sites for hydroxylation is 1. The first-order valence-corrected chi connectivity index (χ1v) is 11.0. The van der Waals surface area contributed by atoms with Crippen LogP contribution in [-0.4, -0.2) is 56.3 Å². The van der Waals surface area contributed by atoms with E-state index in [9.17, 15) is 9.90 Å². The third-order valence-electron chi connectivity index (χ3n) is 5.93. The summed E-state index contributed by atoms with van der Waals surface area (Å²) < 4.78 is 1.66. The van der Waals surface area contributed by atoms with E-state index in [0.717, 1.165) is 16.7 Å². The number of likely N-dealkylation sites (N-methyl/N-ethyl adjacent to an activating group) is 1. The molecule has 5 rings (SSSR count). The fraction of sp³-hybridized carbons (Fsp3) is 0.217. The molecule has 0 bridgehead atoms. The largest absolute Gasteiger partial charge is 0.480 e. The van der Waals surface area contributed by atoms with Gasteiger partial charge < -0.3 is 15.3 Å². The SMILES string of the molecule is CNC1(C(=O)O)CN(c2nc(C)nc3c(-c4ccc(Cl)cc4)c(-c4ccccc4Cl)nn23)C1. The topological polar surface area (TPSA) is 95.7 Å². The van der Waals surface area contributed by atoms with Crippen LogP contribution in [0.5, 0.6) is 0 Å². The molecule has 2 aromatic carbocycles. The van der Waals surface area contributed by atoms with E-state index in [0.29, 0.717) is 33.2 Å². The summed E-state index contributed by atoms with van der Waals surface area (Å²) in [5.41, 5.74) is 2.67. The highest BCUT2D eigenvalue weighted by Crippen LogP contribution is 2.39. The first-order chi connectivity index (χ1) is 15.8. The Morgan fingerprint density at radius 2 is 1.79 bits per heavy atom. The Morgan fingerprint density at radius 1 is 1.09 bits per heavy atom. The Labute approximate surface area is 199 Å². The smallest absolute Gasteiger partial charge is 0.327 e. The number of anilines is 1. The van der Waals surface area contributed by atoms with Crippen molar-refractivity contribution in [1.29, 1.82) is 0 Å². The molecule has 3 heterocycles. The van der Waals surface area contributed by atoms with Crippen LogP contribution in [0.15, 0.2) is 48.5 Å². The molecule has 0 amide bonds. The number of carboxylic acid groups (broad SMARTS) is 1. The lowest BCUT2D eigenvalue weighted by molar-refractivity contribution is -0.145. The highest BCUT2D eigenvalue weighted by Gasteiger charge is 2.50. The molecule has 1 fully saturated rings. The van der Waals surface area contributed by atoms with Crippen LogP contribution in [0.3, 0.4) is 0 Å². The molecular formula is C23H20Cl2N6O2. The Balaban J connectivity index is 1.74. The van der Waals surface area contributed by atoms with Crippen molar-refractivity contribution in [2.24, 2.45) is 0 Å². The lowest BCUT2D eigenvalue weighted by Gasteiger charge is -2.47. The van der Waals surface area contributed by atoms with E-state index in [1.807, 2.05) is 53.4 Å². The lowest BCUT2D eigenvalue weighted by Crippen LogP contribution is -2.73. The number of fused-ring (bicyclic) bond motifs is 1. The van der Waals surface area contributed by atoms with E-state index in [-0.39, 0.29) is 13.1 Å². The Hall–Kier alpha value is -3.20. The molecular weight excluding hydrogens is 463 g/mol. The van der Waals surface area contributed by atoms with Gasteiger partial charge in [-0.25, -0.2) is 4.98 Å².